The Bertz CT molecular complexity index is 734. The normalized spacial score (nSPS) is 15.9. The minimum atomic E-state index is 0. The number of aryl methyl sites for hydroxylation is 1. The van der Waals surface area contributed by atoms with Crippen LogP contribution >= 0.6 is 24.0 Å². The molecule has 1 unspecified atom stereocenters. The summed E-state index contributed by atoms with van der Waals surface area (Å²) in [6.45, 7) is 8.08. The van der Waals surface area contributed by atoms with Crippen molar-refractivity contribution in [1.29, 1.82) is 0 Å². The van der Waals surface area contributed by atoms with E-state index in [0.717, 1.165) is 64.0 Å². The molecule has 0 spiro atoms. The third-order valence-electron chi connectivity index (χ3n) is 5.24. The van der Waals surface area contributed by atoms with Gasteiger partial charge in [-0.3, -0.25) is 9.89 Å². The summed E-state index contributed by atoms with van der Waals surface area (Å²) in [5.41, 5.74) is 1.38. The van der Waals surface area contributed by atoms with Crippen LogP contribution in [0.3, 0.4) is 0 Å². The predicted octanol–water partition coefficient (Wildman–Crippen LogP) is 2.40. The standard InChI is InChI=1S/C22H33N7.HI/c1-19(9-10-20-7-4-3-5-8-20)27-21(23-2)24-13-14-28-15-17-29(18-16-28)22-25-11-6-12-26-22;/h3-8,11-12,19H,9-10,13-18H2,1-2H3,(H2,23,24,27);1H. The first-order chi connectivity index (χ1) is 14.2. The van der Waals surface area contributed by atoms with Crippen molar-refractivity contribution >= 4 is 35.9 Å². The van der Waals surface area contributed by atoms with Crippen LogP contribution < -0.4 is 15.5 Å². The Balaban J connectivity index is 0.00000320. The number of halogens is 1. The Hall–Kier alpha value is -1.94. The fourth-order valence-corrected chi connectivity index (χ4v) is 3.49. The Labute approximate surface area is 197 Å². The molecule has 30 heavy (non-hydrogen) atoms. The van der Waals surface area contributed by atoms with Gasteiger partial charge in [-0.05, 0) is 31.4 Å². The second-order valence-corrected chi connectivity index (χ2v) is 7.45. The van der Waals surface area contributed by atoms with Crippen molar-refractivity contribution in [2.24, 2.45) is 4.99 Å². The van der Waals surface area contributed by atoms with Gasteiger partial charge in [0.2, 0.25) is 5.95 Å². The van der Waals surface area contributed by atoms with Crippen LogP contribution in [-0.2, 0) is 6.42 Å². The van der Waals surface area contributed by atoms with E-state index in [-0.39, 0.29) is 24.0 Å². The molecule has 7 nitrogen and oxygen atoms in total. The lowest BCUT2D eigenvalue weighted by atomic mass is 10.1. The number of rotatable bonds is 8. The van der Waals surface area contributed by atoms with E-state index in [1.165, 1.54) is 5.56 Å². The van der Waals surface area contributed by atoms with Crippen LogP contribution in [0.15, 0.2) is 53.8 Å². The number of aromatic nitrogens is 2. The molecule has 1 saturated heterocycles. The van der Waals surface area contributed by atoms with Crippen LogP contribution in [0.4, 0.5) is 5.95 Å². The van der Waals surface area contributed by atoms with Crippen LogP contribution in [0.25, 0.3) is 0 Å². The Morgan fingerprint density at radius 3 is 2.43 bits per heavy atom. The van der Waals surface area contributed by atoms with Crippen molar-refractivity contribution in [3.63, 3.8) is 0 Å². The van der Waals surface area contributed by atoms with Gasteiger partial charge in [0.15, 0.2) is 5.96 Å². The molecule has 2 aromatic rings. The molecule has 164 valence electrons. The van der Waals surface area contributed by atoms with Crippen LogP contribution in [0.5, 0.6) is 0 Å². The van der Waals surface area contributed by atoms with Gasteiger partial charge in [0.05, 0.1) is 0 Å². The molecule has 1 aromatic heterocycles. The van der Waals surface area contributed by atoms with Gasteiger partial charge in [-0.2, -0.15) is 0 Å². The molecule has 8 heteroatoms. The Morgan fingerprint density at radius 1 is 1.07 bits per heavy atom. The average molecular weight is 523 g/mol. The summed E-state index contributed by atoms with van der Waals surface area (Å²) in [4.78, 5) is 17.8. The van der Waals surface area contributed by atoms with Crippen LogP contribution in [0, 0.1) is 0 Å². The van der Waals surface area contributed by atoms with Gasteiger partial charge in [0.1, 0.15) is 0 Å². The molecule has 0 amide bonds. The van der Waals surface area contributed by atoms with Crippen molar-refractivity contribution in [3.8, 4) is 0 Å². The Morgan fingerprint density at radius 2 is 1.77 bits per heavy atom. The average Bonchev–Trinajstić information content (AvgIpc) is 2.79. The largest absolute Gasteiger partial charge is 0.355 e. The number of nitrogens with one attached hydrogen (secondary N) is 2. The van der Waals surface area contributed by atoms with E-state index in [9.17, 15) is 0 Å². The number of guanidine groups is 1. The number of nitrogens with zero attached hydrogens (tertiary/aromatic N) is 5. The maximum Gasteiger partial charge on any atom is 0.225 e. The molecular weight excluding hydrogens is 489 g/mol. The van der Waals surface area contributed by atoms with Gasteiger partial charge in [0, 0.05) is 64.8 Å². The van der Waals surface area contributed by atoms with Gasteiger partial charge in [0.25, 0.3) is 0 Å². The highest BCUT2D eigenvalue weighted by Crippen LogP contribution is 2.09. The summed E-state index contributed by atoms with van der Waals surface area (Å²) in [6.07, 6.45) is 5.76. The smallest absolute Gasteiger partial charge is 0.225 e. The minimum Gasteiger partial charge on any atom is -0.355 e. The fraction of sp³-hybridized carbons (Fsp3) is 0.500. The summed E-state index contributed by atoms with van der Waals surface area (Å²) < 4.78 is 0. The third kappa shape index (κ3) is 8.06. The molecule has 1 fully saturated rings. The van der Waals surface area contributed by atoms with E-state index in [0.29, 0.717) is 6.04 Å². The quantitative estimate of drug-likeness (QED) is 0.315. The number of benzene rings is 1. The Kier molecular flexibility index (Phi) is 10.9. The van der Waals surface area contributed by atoms with Gasteiger partial charge >= 0.3 is 0 Å². The highest BCUT2D eigenvalue weighted by atomic mass is 127. The predicted molar refractivity (Wildman–Crippen MR) is 135 cm³/mol. The zero-order valence-corrected chi connectivity index (χ0v) is 20.3. The van der Waals surface area contributed by atoms with Crippen molar-refractivity contribution < 1.29 is 0 Å². The van der Waals surface area contributed by atoms with Gasteiger partial charge < -0.3 is 15.5 Å². The summed E-state index contributed by atoms with van der Waals surface area (Å²) >= 11 is 0. The van der Waals surface area contributed by atoms with Gasteiger partial charge in [-0.15, -0.1) is 24.0 Å². The topological polar surface area (TPSA) is 68.7 Å². The second kappa shape index (κ2) is 13.4. The molecular formula is C22H34IN7. The lowest BCUT2D eigenvalue weighted by Crippen LogP contribution is -2.50. The van der Waals surface area contributed by atoms with Crippen LogP contribution in [-0.4, -0.2) is 73.2 Å². The van der Waals surface area contributed by atoms with Crippen LogP contribution in [0.1, 0.15) is 18.9 Å². The monoisotopic (exact) mass is 523 g/mol. The molecule has 3 rings (SSSR count). The lowest BCUT2D eigenvalue weighted by Gasteiger charge is -2.34. The number of aliphatic imine (C=N–C) groups is 1. The highest BCUT2D eigenvalue weighted by molar-refractivity contribution is 14.0. The number of piperazine rings is 1. The molecule has 2 N–H and O–H groups in total. The SMILES string of the molecule is CN=C(NCCN1CCN(c2ncccn2)CC1)NC(C)CCc1ccccc1.I. The van der Waals surface area contributed by atoms with E-state index < -0.39 is 0 Å². The molecule has 1 aliphatic rings. The third-order valence-corrected chi connectivity index (χ3v) is 5.24. The first kappa shape index (κ1) is 24.3. The lowest BCUT2D eigenvalue weighted by molar-refractivity contribution is 0.260. The molecule has 2 heterocycles. The van der Waals surface area contributed by atoms with E-state index in [2.05, 4.69) is 72.6 Å². The van der Waals surface area contributed by atoms with Gasteiger partial charge in [-0.1, -0.05) is 30.3 Å². The maximum atomic E-state index is 4.37. The number of anilines is 1. The summed E-state index contributed by atoms with van der Waals surface area (Å²) in [5.74, 6) is 1.71. The van der Waals surface area contributed by atoms with Crippen molar-refractivity contribution in [2.75, 3.05) is 51.2 Å². The zero-order valence-electron chi connectivity index (χ0n) is 18.0. The second-order valence-electron chi connectivity index (χ2n) is 7.45. The molecule has 0 aliphatic carbocycles. The van der Waals surface area contributed by atoms with E-state index >= 15 is 0 Å². The van der Waals surface area contributed by atoms with E-state index in [1.54, 1.807) is 12.4 Å². The van der Waals surface area contributed by atoms with E-state index in [4.69, 9.17) is 0 Å². The number of hydrogen-bond donors (Lipinski definition) is 2. The van der Waals surface area contributed by atoms with Crippen molar-refractivity contribution in [2.45, 2.75) is 25.8 Å². The fourth-order valence-electron chi connectivity index (χ4n) is 3.49. The summed E-state index contributed by atoms with van der Waals surface area (Å²) in [7, 11) is 1.83. The zero-order chi connectivity index (χ0) is 20.3. The molecule has 1 atom stereocenters. The molecule has 1 aromatic carbocycles. The maximum absolute atomic E-state index is 4.37. The molecule has 1 aliphatic heterocycles. The first-order valence-corrected chi connectivity index (χ1v) is 10.5. The molecule has 0 saturated carbocycles. The summed E-state index contributed by atoms with van der Waals surface area (Å²) in [5, 5.41) is 6.95. The molecule has 0 radical (unpaired) electrons. The molecule has 0 bridgehead atoms. The number of hydrogen-bond acceptors (Lipinski definition) is 5. The van der Waals surface area contributed by atoms with Gasteiger partial charge in [-0.25, -0.2) is 9.97 Å². The van der Waals surface area contributed by atoms with Crippen molar-refractivity contribution in [3.05, 3.63) is 54.4 Å². The van der Waals surface area contributed by atoms with Crippen molar-refractivity contribution in [1.82, 2.24) is 25.5 Å². The first-order valence-electron chi connectivity index (χ1n) is 10.5. The summed E-state index contributed by atoms with van der Waals surface area (Å²) in [6, 6.07) is 12.9. The van der Waals surface area contributed by atoms with Crippen LogP contribution in [0.2, 0.25) is 0 Å². The highest BCUT2D eigenvalue weighted by Gasteiger charge is 2.18. The van der Waals surface area contributed by atoms with E-state index in [1.807, 2.05) is 13.1 Å². The minimum absolute atomic E-state index is 0.